The lowest BCUT2D eigenvalue weighted by molar-refractivity contribution is 0.192. The Bertz CT molecular complexity index is 94.7. The highest BCUT2D eigenvalue weighted by atomic mass is 32.2. The lowest BCUT2D eigenvalue weighted by atomic mass is 10.1. The van der Waals surface area contributed by atoms with Gasteiger partial charge in [0.05, 0.1) is 0 Å². The van der Waals surface area contributed by atoms with Crippen LogP contribution in [0.4, 0.5) is 0 Å². The van der Waals surface area contributed by atoms with Gasteiger partial charge in [0.2, 0.25) is 0 Å². The number of unbranched alkanes of at least 4 members (excludes halogenated alkanes) is 8. The summed E-state index contributed by atoms with van der Waals surface area (Å²) >= 11 is 1.97. The van der Waals surface area contributed by atoms with Crippen LogP contribution in [0.1, 0.15) is 57.8 Å². The van der Waals surface area contributed by atoms with Crippen molar-refractivity contribution in [3.63, 3.8) is 0 Å². The Morgan fingerprint density at radius 1 is 0.733 bits per heavy atom. The molecule has 0 N–H and O–H groups in total. The topological polar surface area (TPSA) is 9.23 Å². The molecule has 0 saturated heterocycles. The molecule has 0 atom stereocenters. The first-order valence-electron chi connectivity index (χ1n) is 6.39. The molecule has 92 valence electrons. The number of hydrogen-bond donors (Lipinski definition) is 0. The quantitative estimate of drug-likeness (QED) is 0.458. The molecular formula is C13H28OS. The Kier molecular flexibility index (Phi) is 14.6. The van der Waals surface area contributed by atoms with Crippen LogP contribution >= 0.6 is 11.8 Å². The summed E-state index contributed by atoms with van der Waals surface area (Å²) in [6.07, 6.45) is 14.8. The molecule has 1 nitrogen and oxygen atoms in total. The minimum atomic E-state index is 0.939. The molecule has 0 saturated carbocycles. The highest BCUT2D eigenvalue weighted by Gasteiger charge is 1.92. The van der Waals surface area contributed by atoms with Gasteiger partial charge in [-0.05, 0) is 24.9 Å². The van der Waals surface area contributed by atoms with Gasteiger partial charge in [-0.2, -0.15) is 11.8 Å². The van der Waals surface area contributed by atoms with Crippen LogP contribution < -0.4 is 0 Å². The van der Waals surface area contributed by atoms with E-state index in [-0.39, 0.29) is 0 Å². The molecule has 0 unspecified atom stereocenters. The molecule has 0 aliphatic heterocycles. The number of methoxy groups -OCH3 is 1. The highest BCUT2D eigenvalue weighted by Crippen LogP contribution is 2.10. The highest BCUT2D eigenvalue weighted by molar-refractivity contribution is 7.98. The van der Waals surface area contributed by atoms with E-state index in [0.717, 1.165) is 6.61 Å². The molecule has 0 amide bonds. The van der Waals surface area contributed by atoms with Gasteiger partial charge >= 0.3 is 0 Å². The largest absolute Gasteiger partial charge is 0.385 e. The number of thioether (sulfide) groups is 1. The summed E-state index contributed by atoms with van der Waals surface area (Å²) in [5.41, 5.74) is 0. The summed E-state index contributed by atoms with van der Waals surface area (Å²) in [6.45, 7) is 0.939. The summed E-state index contributed by atoms with van der Waals surface area (Å²) < 4.78 is 5.02. The van der Waals surface area contributed by atoms with Crippen LogP contribution in [0.15, 0.2) is 0 Å². The average molecular weight is 232 g/mol. The van der Waals surface area contributed by atoms with Crippen molar-refractivity contribution in [2.75, 3.05) is 25.7 Å². The van der Waals surface area contributed by atoms with Crippen molar-refractivity contribution in [2.24, 2.45) is 0 Å². The zero-order valence-corrected chi connectivity index (χ0v) is 11.4. The van der Waals surface area contributed by atoms with E-state index in [1.54, 1.807) is 7.11 Å². The molecule has 0 fully saturated rings. The van der Waals surface area contributed by atoms with Crippen molar-refractivity contribution < 1.29 is 4.74 Å². The first kappa shape index (κ1) is 15.3. The monoisotopic (exact) mass is 232 g/mol. The van der Waals surface area contributed by atoms with Crippen LogP contribution in [0.2, 0.25) is 0 Å². The summed E-state index contributed by atoms with van der Waals surface area (Å²) in [5.74, 6) is 1.34. The van der Waals surface area contributed by atoms with Gasteiger partial charge in [0.25, 0.3) is 0 Å². The Morgan fingerprint density at radius 2 is 1.20 bits per heavy atom. The molecule has 0 radical (unpaired) electrons. The van der Waals surface area contributed by atoms with Gasteiger partial charge in [0, 0.05) is 13.7 Å². The Balaban J connectivity index is 2.81. The third-order valence-corrected chi connectivity index (χ3v) is 3.39. The Hall–Kier alpha value is 0.310. The van der Waals surface area contributed by atoms with Crippen LogP contribution in [0.5, 0.6) is 0 Å². The maximum Gasteiger partial charge on any atom is 0.0462 e. The predicted octanol–water partition coefficient (Wildman–Crippen LogP) is 4.51. The molecule has 0 aliphatic rings. The maximum absolute atomic E-state index is 5.02. The predicted molar refractivity (Wildman–Crippen MR) is 71.8 cm³/mol. The van der Waals surface area contributed by atoms with E-state index in [2.05, 4.69) is 6.26 Å². The molecule has 2 heteroatoms. The molecule has 0 bridgehead atoms. The van der Waals surface area contributed by atoms with Gasteiger partial charge in [-0.3, -0.25) is 0 Å². The van der Waals surface area contributed by atoms with Crippen LogP contribution in [-0.4, -0.2) is 25.7 Å². The summed E-state index contributed by atoms with van der Waals surface area (Å²) in [6, 6.07) is 0. The first-order chi connectivity index (χ1) is 7.41. The van der Waals surface area contributed by atoms with Crippen molar-refractivity contribution in [2.45, 2.75) is 57.8 Å². The molecule has 0 heterocycles. The fourth-order valence-corrected chi connectivity index (χ4v) is 2.22. The fourth-order valence-electron chi connectivity index (χ4n) is 1.73. The smallest absolute Gasteiger partial charge is 0.0462 e. The SMILES string of the molecule is COCCCCCCCCCCCSC. The molecule has 15 heavy (non-hydrogen) atoms. The summed E-state index contributed by atoms with van der Waals surface area (Å²) in [7, 11) is 1.79. The van der Waals surface area contributed by atoms with Crippen molar-refractivity contribution >= 4 is 11.8 Å². The van der Waals surface area contributed by atoms with Gasteiger partial charge in [0.1, 0.15) is 0 Å². The molecular weight excluding hydrogens is 204 g/mol. The second kappa shape index (κ2) is 14.3. The van der Waals surface area contributed by atoms with Crippen LogP contribution in [0.3, 0.4) is 0 Å². The summed E-state index contributed by atoms with van der Waals surface area (Å²) in [5, 5.41) is 0. The summed E-state index contributed by atoms with van der Waals surface area (Å²) in [4.78, 5) is 0. The lowest BCUT2D eigenvalue weighted by Crippen LogP contribution is -1.88. The standard InChI is InChI=1S/C13H28OS/c1-14-12-10-8-6-4-3-5-7-9-11-13-15-2/h3-13H2,1-2H3. The first-order valence-corrected chi connectivity index (χ1v) is 7.79. The van der Waals surface area contributed by atoms with E-state index in [9.17, 15) is 0 Å². The van der Waals surface area contributed by atoms with Crippen molar-refractivity contribution in [1.29, 1.82) is 0 Å². The zero-order chi connectivity index (χ0) is 11.2. The van der Waals surface area contributed by atoms with Gasteiger partial charge in [-0.1, -0.05) is 44.9 Å². The van der Waals surface area contributed by atoms with E-state index in [1.807, 2.05) is 11.8 Å². The Morgan fingerprint density at radius 3 is 1.67 bits per heavy atom. The third kappa shape index (κ3) is 14.3. The average Bonchev–Trinajstić information content (AvgIpc) is 2.26. The van der Waals surface area contributed by atoms with Crippen LogP contribution in [-0.2, 0) is 4.74 Å². The fraction of sp³-hybridized carbons (Fsp3) is 1.00. The van der Waals surface area contributed by atoms with Crippen LogP contribution in [0, 0.1) is 0 Å². The van der Waals surface area contributed by atoms with Gasteiger partial charge < -0.3 is 4.74 Å². The lowest BCUT2D eigenvalue weighted by Gasteiger charge is -2.02. The van der Waals surface area contributed by atoms with Crippen molar-refractivity contribution in [3.8, 4) is 0 Å². The molecule has 0 spiro atoms. The second-order valence-electron chi connectivity index (χ2n) is 4.17. The molecule has 0 rings (SSSR count). The Labute approximate surface area is 100 Å². The van der Waals surface area contributed by atoms with E-state index in [0.29, 0.717) is 0 Å². The van der Waals surface area contributed by atoms with E-state index >= 15 is 0 Å². The van der Waals surface area contributed by atoms with Crippen molar-refractivity contribution in [1.82, 2.24) is 0 Å². The minimum Gasteiger partial charge on any atom is -0.385 e. The van der Waals surface area contributed by atoms with Gasteiger partial charge in [0.15, 0.2) is 0 Å². The second-order valence-corrected chi connectivity index (χ2v) is 5.15. The van der Waals surface area contributed by atoms with E-state index < -0.39 is 0 Å². The van der Waals surface area contributed by atoms with Crippen molar-refractivity contribution in [3.05, 3.63) is 0 Å². The van der Waals surface area contributed by atoms with Gasteiger partial charge in [-0.15, -0.1) is 0 Å². The third-order valence-electron chi connectivity index (χ3n) is 2.70. The molecule has 0 aromatic rings. The molecule has 0 aliphatic carbocycles. The number of ether oxygens (including phenoxy) is 1. The van der Waals surface area contributed by atoms with Gasteiger partial charge in [-0.25, -0.2) is 0 Å². The zero-order valence-electron chi connectivity index (χ0n) is 10.6. The van der Waals surface area contributed by atoms with Crippen LogP contribution in [0.25, 0.3) is 0 Å². The van der Waals surface area contributed by atoms with E-state index in [4.69, 9.17) is 4.74 Å². The molecule has 0 aromatic carbocycles. The normalized spacial score (nSPS) is 10.8. The number of hydrogen-bond acceptors (Lipinski definition) is 2. The molecule has 0 aromatic heterocycles. The number of rotatable bonds is 12. The maximum atomic E-state index is 5.02. The minimum absolute atomic E-state index is 0.939. The van der Waals surface area contributed by atoms with E-state index in [1.165, 1.54) is 63.5 Å².